The Morgan fingerprint density at radius 3 is 2.79 bits per heavy atom. The fraction of sp³-hybridized carbons (Fsp3) is 0.462. The molecule has 0 amide bonds. The molecule has 1 aromatic rings. The van der Waals surface area contributed by atoms with Gasteiger partial charge in [-0.05, 0) is 50.9 Å². The molecule has 0 aromatic heterocycles. The number of aromatic carboxylic acids is 1. The van der Waals surface area contributed by atoms with E-state index >= 15 is 0 Å². The van der Waals surface area contributed by atoms with Crippen molar-refractivity contribution in [3.8, 4) is 0 Å². The van der Waals surface area contributed by atoms with E-state index in [2.05, 4.69) is 0 Å². The van der Waals surface area contributed by atoms with Gasteiger partial charge in [0.2, 0.25) is 0 Å². The molecule has 1 fully saturated rings. The second-order valence-corrected chi connectivity index (χ2v) is 5.83. The number of benzene rings is 1. The van der Waals surface area contributed by atoms with Crippen LogP contribution in [0.1, 0.15) is 37.6 Å². The number of hydrogen-bond donors (Lipinski definition) is 1. The summed E-state index contributed by atoms with van der Waals surface area (Å²) >= 11 is 5.94. The summed E-state index contributed by atoms with van der Waals surface area (Å²) in [6.07, 6.45) is 0.751. The zero-order chi connectivity index (χ0) is 14.2. The first-order chi connectivity index (χ1) is 8.78. The van der Waals surface area contributed by atoms with Gasteiger partial charge in [-0.3, -0.25) is 0 Å². The highest BCUT2D eigenvalue weighted by Gasteiger charge is 2.40. The van der Waals surface area contributed by atoms with Crippen LogP contribution in [0.25, 0.3) is 0 Å². The first kappa shape index (κ1) is 14.4. The van der Waals surface area contributed by atoms with Gasteiger partial charge >= 0.3 is 13.1 Å². The van der Waals surface area contributed by atoms with Crippen LogP contribution in [0, 0.1) is 0 Å². The minimum absolute atomic E-state index is 0.00521. The average Bonchev–Trinajstić information content (AvgIpc) is 2.25. The Hall–Kier alpha value is -1.04. The maximum Gasteiger partial charge on any atom is 0.495 e. The van der Waals surface area contributed by atoms with Gasteiger partial charge in [-0.25, -0.2) is 4.79 Å². The number of rotatable bonds is 2. The van der Waals surface area contributed by atoms with Crippen molar-refractivity contribution in [2.24, 2.45) is 0 Å². The third-order valence-corrected chi connectivity index (χ3v) is 3.29. The van der Waals surface area contributed by atoms with Crippen LogP contribution in [0.2, 0.25) is 5.02 Å². The second-order valence-electron chi connectivity index (χ2n) is 5.40. The average molecular weight is 283 g/mol. The Kier molecular flexibility index (Phi) is 3.90. The SMILES string of the molecule is C[C@@H]1CC(C)(C)OB(c2cc(Cl)ccc2C(=O)O)O1. The summed E-state index contributed by atoms with van der Waals surface area (Å²) in [4.78, 5) is 11.3. The molecule has 0 aliphatic carbocycles. The lowest BCUT2D eigenvalue weighted by Gasteiger charge is -2.38. The van der Waals surface area contributed by atoms with Gasteiger partial charge in [0.05, 0.1) is 11.2 Å². The topological polar surface area (TPSA) is 55.8 Å². The van der Waals surface area contributed by atoms with E-state index in [4.69, 9.17) is 20.9 Å². The molecule has 6 heteroatoms. The molecule has 0 spiro atoms. The molecule has 0 saturated carbocycles. The number of carbonyl (C=O) groups is 1. The van der Waals surface area contributed by atoms with Crippen molar-refractivity contribution in [1.82, 2.24) is 0 Å². The van der Waals surface area contributed by atoms with E-state index in [0.717, 1.165) is 6.42 Å². The predicted octanol–water partition coefficient (Wildman–Crippen LogP) is 2.34. The van der Waals surface area contributed by atoms with E-state index < -0.39 is 13.1 Å². The minimum Gasteiger partial charge on any atom is -0.478 e. The van der Waals surface area contributed by atoms with Crippen LogP contribution in [0.3, 0.4) is 0 Å². The Balaban J connectivity index is 2.40. The van der Waals surface area contributed by atoms with Crippen LogP contribution in [0.5, 0.6) is 0 Å². The molecular weight excluding hydrogens is 266 g/mol. The quantitative estimate of drug-likeness (QED) is 0.846. The van der Waals surface area contributed by atoms with Crippen molar-refractivity contribution in [3.05, 3.63) is 28.8 Å². The minimum atomic E-state index is -1.02. The maximum absolute atomic E-state index is 11.3. The van der Waals surface area contributed by atoms with Crippen LogP contribution in [0.15, 0.2) is 18.2 Å². The van der Waals surface area contributed by atoms with Gasteiger partial charge in [0.25, 0.3) is 0 Å². The number of halogens is 1. The van der Waals surface area contributed by atoms with E-state index in [-0.39, 0.29) is 17.3 Å². The summed E-state index contributed by atoms with van der Waals surface area (Å²) in [5.41, 5.74) is 0.249. The summed E-state index contributed by atoms with van der Waals surface area (Å²) in [5, 5.41) is 9.69. The highest BCUT2D eigenvalue weighted by molar-refractivity contribution is 6.63. The lowest BCUT2D eigenvalue weighted by atomic mass is 9.72. The van der Waals surface area contributed by atoms with E-state index in [1.54, 1.807) is 12.1 Å². The monoisotopic (exact) mass is 282 g/mol. The van der Waals surface area contributed by atoms with Crippen molar-refractivity contribution < 1.29 is 19.2 Å². The van der Waals surface area contributed by atoms with Crippen molar-refractivity contribution in [2.75, 3.05) is 0 Å². The summed E-state index contributed by atoms with van der Waals surface area (Å²) in [6, 6.07) is 4.61. The van der Waals surface area contributed by atoms with Crippen LogP contribution in [-0.2, 0) is 9.31 Å². The Bertz CT molecular complexity index is 503. The smallest absolute Gasteiger partial charge is 0.478 e. The fourth-order valence-electron chi connectivity index (χ4n) is 2.38. The normalized spacial score (nSPS) is 22.3. The van der Waals surface area contributed by atoms with Crippen LogP contribution in [0.4, 0.5) is 0 Å². The van der Waals surface area contributed by atoms with Crippen molar-refractivity contribution >= 4 is 30.2 Å². The molecule has 102 valence electrons. The third kappa shape index (κ3) is 3.29. The Morgan fingerprint density at radius 1 is 1.53 bits per heavy atom. The van der Waals surface area contributed by atoms with Crippen LogP contribution >= 0.6 is 11.6 Å². The molecule has 2 rings (SSSR count). The number of carboxylic acids is 1. The van der Waals surface area contributed by atoms with Crippen LogP contribution in [-0.4, -0.2) is 29.9 Å². The van der Waals surface area contributed by atoms with Gasteiger partial charge in [0.15, 0.2) is 0 Å². The molecule has 0 unspecified atom stereocenters. The summed E-state index contributed by atoms with van der Waals surface area (Å²) in [7, 11) is -0.705. The molecule has 1 N–H and O–H groups in total. The number of carboxylic acid groups (broad SMARTS) is 1. The maximum atomic E-state index is 11.3. The molecule has 0 bridgehead atoms. The third-order valence-electron chi connectivity index (χ3n) is 3.06. The zero-order valence-corrected chi connectivity index (χ0v) is 11.9. The summed E-state index contributed by atoms with van der Waals surface area (Å²) < 4.78 is 11.5. The number of hydrogen-bond acceptors (Lipinski definition) is 3. The Labute approximate surface area is 117 Å². The molecular formula is C13H16BClO4. The summed E-state index contributed by atoms with van der Waals surface area (Å²) in [6.45, 7) is 5.87. The molecule has 1 aromatic carbocycles. The largest absolute Gasteiger partial charge is 0.495 e. The van der Waals surface area contributed by atoms with Gasteiger partial charge in [-0.15, -0.1) is 0 Å². The van der Waals surface area contributed by atoms with Gasteiger partial charge in [0, 0.05) is 11.1 Å². The molecule has 1 atom stereocenters. The first-order valence-electron chi connectivity index (χ1n) is 6.14. The van der Waals surface area contributed by atoms with Gasteiger partial charge in [-0.1, -0.05) is 11.6 Å². The lowest BCUT2D eigenvalue weighted by molar-refractivity contribution is -0.0231. The molecule has 0 radical (unpaired) electrons. The van der Waals surface area contributed by atoms with E-state index in [1.807, 2.05) is 20.8 Å². The van der Waals surface area contributed by atoms with Gasteiger partial charge in [-0.2, -0.15) is 0 Å². The second kappa shape index (κ2) is 5.15. The van der Waals surface area contributed by atoms with Crippen molar-refractivity contribution in [3.63, 3.8) is 0 Å². The molecule has 4 nitrogen and oxygen atoms in total. The van der Waals surface area contributed by atoms with E-state index in [1.165, 1.54) is 6.07 Å². The zero-order valence-electron chi connectivity index (χ0n) is 11.1. The lowest BCUT2D eigenvalue weighted by Crippen LogP contribution is -2.53. The summed E-state index contributed by atoms with van der Waals surface area (Å²) in [5.74, 6) is -1.02. The van der Waals surface area contributed by atoms with Crippen molar-refractivity contribution in [1.29, 1.82) is 0 Å². The molecule has 1 aliphatic heterocycles. The highest BCUT2D eigenvalue weighted by Crippen LogP contribution is 2.26. The fourth-order valence-corrected chi connectivity index (χ4v) is 2.56. The Morgan fingerprint density at radius 2 is 2.21 bits per heavy atom. The molecule has 1 aliphatic rings. The standard InChI is InChI=1S/C13H16BClO4/c1-8-7-13(2,3)19-14(18-8)11-6-9(15)4-5-10(11)12(16)17/h4-6,8H,7H2,1-3H3,(H,16,17)/t8-/m1/s1. The van der Waals surface area contributed by atoms with Gasteiger partial charge in [0.1, 0.15) is 0 Å². The first-order valence-corrected chi connectivity index (χ1v) is 6.52. The highest BCUT2D eigenvalue weighted by atomic mass is 35.5. The molecule has 1 saturated heterocycles. The van der Waals surface area contributed by atoms with E-state index in [9.17, 15) is 9.90 Å². The molecule has 19 heavy (non-hydrogen) atoms. The van der Waals surface area contributed by atoms with E-state index in [0.29, 0.717) is 10.5 Å². The van der Waals surface area contributed by atoms with Gasteiger partial charge < -0.3 is 14.4 Å². The predicted molar refractivity (Wildman–Crippen MR) is 74.1 cm³/mol. The molecule has 1 heterocycles. The van der Waals surface area contributed by atoms with Crippen LogP contribution < -0.4 is 5.46 Å². The van der Waals surface area contributed by atoms with Crippen molar-refractivity contribution in [2.45, 2.75) is 38.9 Å².